The van der Waals surface area contributed by atoms with Crippen molar-refractivity contribution in [2.24, 2.45) is 0 Å². The van der Waals surface area contributed by atoms with Crippen molar-refractivity contribution >= 4 is 28.4 Å². The summed E-state index contributed by atoms with van der Waals surface area (Å²) in [4.78, 5) is 0. The molecule has 3 heteroatoms. The van der Waals surface area contributed by atoms with E-state index in [0.717, 1.165) is 18.6 Å². The zero-order valence-electron chi connectivity index (χ0n) is 12.6. The molecule has 0 saturated heterocycles. The lowest BCUT2D eigenvalue weighted by Gasteiger charge is -2.21. The molecule has 0 nitrogen and oxygen atoms in total. The molecule has 0 aliphatic carbocycles. The van der Waals surface area contributed by atoms with Gasteiger partial charge in [0.1, 0.15) is 0 Å². The van der Waals surface area contributed by atoms with E-state index in [0.29, 0.717) is 0 Å². The summed E-state index contributed by atoms with van der Waals surface area (Å²) >= 11 is 8.12. The van der Waals surface area contributed by atoms with Crippen LogP contribution in [0.4, 0.5) is 0 Å². The van der Waals surface area contributed by atoms with Crippen molar-refractivity contribution in [1.29, 1.82) is 0 Å². The zero-order chi connectivity index (χ0) is 15.0. The normalized spacial score (nSPS) is 11.5. The van der Waals surface area contributed by atoms with E-state index in [2.05, 4.69) is 67.6 Å². The number of rotatable bonds is 8. The van der Waals surface area contributed by atoms with Gasteiger partial charge in [0.2, 0.25) is 0 Å². The molecule has 0 fully saturated rings. The Bertz CT molecular complexity index is 519. The zero-order valence-corrected chi connectivity index (χ0v) is 15.1. The molecule has 0 spiro atoms. The smallest absolute Gasteiger partial charge is 0.00718 e. The first-order valence-electron chi connectivity index (χ1n) is 7.52. The van der Waals surface area contributed by atoms with Crippen LogP contribution >= 0.6 is 16.6 Å². The maximum absolute atomic E-state index is 6.07. The summed E-state index contributed by atoms with van der Waals surface area (Å²) in [5, 5.41) is -1.30. The van der Waals surface area contributed by atoms with Crippen LogP contribution in [-0.4, -0.2) is 18.1 Å². The summed E-state index contributed by atoms with van der Waals surface area (Å²) in [7, 11) is 0. The molecule has 21 heavy (non-hydrogen) atoms. The quantitative estimate of drug-likeness (QED) is 0.575. The van der Waals surface area contributed by atoms with Crippen LogP contribution in [-0.2, 0) is 24.6 Å². The maximum atomic E-state index is 6.07. The lowest BCUT2D eigenvalue weighted by Crippen LogP contribution is -1.99. The third kappa shape index (κ3) is 5.98. The van der Waals surface area contributed by atoms with Gasteiger partial charge in [0, 0.05) is 5.24 Å². The molecule has 0 saturated carbocycles. The average molecular weight is 334 g/mol. The summed E-state index contributed by atoms with van der Waals surface area (Å²) in [5.41, 5.74) is 2.84. The molecule has 0 aliphatic heterocycles. The van der Waals surface area contributed by atoms with Gasteiger partial charge in [-0.3, -0.25) is 0 Å². The third-order valence-corrected chi connectivity index (χ3v) is 11.4. The number of aryl methyl sites for hydroxylation is 2. The van der Waals surface area contributed by atoms with E-state index >= 15 is 0 Å². The second-order valence-electron chi connectivity index (χ2n) is 5.15. The number of benzene rings is 2. The largest absolute Gasteiger partial charge is 0.124 e. The van der Waals surface area contributed by atoms with E-state index in [-0.39, 0.29) is 0 Å². The van der Waals surface area contributed by atoms with Gasteiger partial charge < -0.3 is 0 Å². The van der Waals surface area contributed by atoms with E-state index in [1.165, 1.54) is 23.5 Å². The van der Waals surface area contributed by atoms with Crippen LogP contribution in [0, 0.1) is 0 Å². The minimum atomic E-state index is -1.30. The molecule has 0 radical (unpaired) electrons. The molecule has 0 aromatic heterocycles. The fourth-order valence-electron chi connectivity index (χ4n) is 2.36. The van der Waals surface area contributed by atoms with Crippen LogP contribution in [0.15, 0.2) is 60.7 Å². The predicted molar refractivity (Wildman–Crippen MR) is 102 cm³/mol. The Morgan fingerprint density at radius 2 is 1.24 bits per heavy atom. The molecule has 0 heterocycles. The fourth-order valence-corrected chi connectivity index (χ4v) is 8.74. The van der Waals surface area contributed by atoms with Crippen LogP contribution in [0.2, 0.25) is 0 Å². The first-order chi connectivity index (χ1) is 10.2. The molecule has 0 amide bonds. The van der Waals surface area contributed by atoms with Crippen molar-refractivity contribution in [1.82, 2.24) is 0 Å². The topological polar surface area (TPSA) is 0 Å². The average Bonchev–Trinajstić information content (AvgIpc) is 2.54. The lowest BCUT2D eigenvalue weighted by atomic mass is 10.2. The van der Waals surface area contributed by atoms with Gasteiger partial charge in [0.05, 0.1) is 0 Å². The summed E-state index contributed by atoms with van der Waals surface area (Å²) in [5.74, 6) is 1.14. The van der Waals surface area contributed by atoms with E-state index < -0.39 is 5.24 Å². The monoisotopic (exact) mass is 334 g/mol. The highest BCUT2D eigenvalue weighted by Crippen LogP contribution is 2.59. The summed E-state index contributed by atoms with van der Waals surface area (Å²) in [6.07, 6.45) is 4.61. The van der Waals surface area contributed by atoms with Crippen molar-refractivity contribution < 1.29 is 0 Å². The molecule has 0 unspecified atom stereocenters. The van der Waals surface area contributed by atoms with Gasteiger partial charge in [-0.15, -0.1) is 11.4 Å². The first kappa shape index (κ1) is 16.8. The fraction of sp³-hybridized carbons (Fsp3) is 0.333. The van der Waals surface area contributed by atoms with E-state index in [1.807, 2.05) is 11.4 Å². The minimum absolute atomic E-state index is 1.12. The van der Waals surface area contributed by atoms with E-state index in [9.17, 15) is 0 Å². The maximum Gasteiger partial charge on any atom is 0.00718 e. The van der Waals surface area contributed by atoms with Crippen molar-refractivity contribution in [3.05, 3.63) is 71.8 Å². The van der Waals surface area contributed by atoms with Crippen molar-refractivity contribution in [3.8, 4) is 0 Å². The van der Waals surface area contributed by atoms with Gasteiger partial charge >= 0.3 is 0 Å². The number of hydrogen-bond acceptors (Lipinski definition) is 2. The van der Waals surface area contributed by atoms with Gasteiger partial charge in [-0.2, -0.15) is 0 Å². The predicted octanol–water partition coefficient (Wildman–Crippen LogP) is 5.62. The van der Waals surface area contributed by atoms with E-state index in [4.69, 9.17) is 11.8 Å². The lowest BCUT2D eigenvalue weighted by molar-refractivity contribution is 1.11. The molecule has 2 aromatic carbocycles. The molecule has 0 bridgehead atoms. The molecule has 2 aromatic rings. The Hall–Kier alpha value is -0.560. The van der Waals surface area contributed by atoms with Crippen molar-refractivity contribution in [2.75, 3.05) is 18.1 Å². The Morgan fingerprint density at radius 3 is 1.62 bits per heavy atom. The van der Waals surface area contributed by atoms with Crippen LogP contribution in [0.5, 0.6) is 0 Å². The summed E-state index contributed by atoms with van der Waals surface area (Å²) in [6, 6.07) is 21.5. The van der Waals surface area contributed by atoms with Gasteiger partial charge in [-0.25, -0.2) is 0 Å². The van der Waals surface area contributed by atoms with Gasteiger partial charge in [-0.1, -0.05) is 79.4 Å². The van der Waals surface area contributed by atoms with Gasteiger partial charge in [0.25, 0.3) is 0 Å². The molecular weight excluding hydrogens is 311 g/mol. The minimum Gasteiger partial charge on any atom is -0.124 e. The van der Waals surface area contributed by atoms with Gasteiger partial charge in [-0.05, 0) is 42.0 Å². The molecule has 0 atom stereocenters. The Morgan fingerprint density at radius 1 is 0.810 bits per heavy atom. The van der Waals surface area contributed by atoms with Crippen LogP contribution < -0.4 is 0 Å². The Balaban J connectivity index is 1.94. The standard InChI is InChI=1S/C18H23PS2/c1-2-21-19(20,15-13-17-9-5-3-6-10-17)16-14-18-11-7-4-8-12-18/h3-12H,2,13-16H2,1H3. The molecule has 0 aliphatic rings. The summed E-state index contributed by atoms with van der Waals surface area (Å²) < 4.78 is 0. The van der Waals surface area contributed by atoms with Crippen LogP contribution in [0.1, 0.15) is 18.1 Å². The Labute approximate surface area is 138 Å². The SMILES string of the molecule is CCSP(=S)(CCc1ccccc1)CCc1ccccc1. The molecule has 2 rings (SSSR count). The third-order valence-electron chi connectivity index (χ3n) is 3.53. The molecule has 112 valence electrons. The highest BCUT2D eigenvalue weighted by Gasteiger charge is 2.16. The van der Waals surface area contributed by atoms with Crippen molar-refractivity contribution in [3.63, 3.8) is 0 Å². The molecular formula is C18H23PS2. The summed E-state index contributed by atoms with van der Waals surface area (Å²) in [6.45, 7) is 2.23. The second kappa shape index (κ2) is 8.78. The van der Waals surface area contributed by atoms with Crippen molar-refractivity contribution in [2.45, 2.75) is 19.8 Å². The Kier molecular flexibility index (Phi) is 7.03. The van der Waals surface area contributed by atoms with Crippen LogP contribution in [0.25, 0.3) is 0 Å². The second-order valence-corrected chi connectivity index (χ2v) is 14.2. The van der Waals surface area contributed by atoms with Crippen LogP contribution in [0.3, 0.4) is 0 Å². The first-order valence-corrected chi connectivity index (χ1v) is 12.3. The highest BCUT2D eigenvalue weighted by molar-refractivity contribution is 8.70. The number of hydrogen-bond donors (Lipinski definition) is 0. The van der Waals surface area contributed by atoms with E-state index in [1.54, 1.807) is 0 Å². The molecule has 0 N–H and O–H groups in total. The highest BCUT2D eigenvalue weighted by atomic mass is 32.9. The van der Waals surface area contributed by atoms with Gasteiger partial charge in [0.15, 0.2) is 0 Å².